The molecular weight excluding hydrogens is 544 g/mol. The van der Waals surface area contributed by atoms with Crippen LogP contribution in [0, 0.1) is 12.3 Å². The van der Waals surface area contributed by atoms with E-state index >= 15 is 0 Å². The van der Waals surface area contributed by atoms with Gasteiger partial charge in [-0.2, -0.15) is 0 Å². The first-order valence-corrected chi connectivity index (χ1v) is 16.7. The predicted molar refractivity (Wildman–Crippen MR) is 180 cm³/mol. The fraction of sp³-hybridized carbons (Fsp3) is 0.474. The Morgan fingerprint density at radius 1 is 0.795 bits per heavy atom. The van der Waals surface area contributed by atoms with Crippen LogP contribution < -0.4 is 0 Å². The van der Waals surface area contributed by atoms with Crippen LogP contribution in [0.15, 0.2) is 84.9 Å². The van der Waals surface area contributed by atoms with Crippen molar-refractivity contribution >= 4 is 16.9 Å². The Morgan fingerprint density at radius 3 is 2.16 bits per heavy atom. The molecule has 2 fully saturated rings. The van der Waals surface area contributed by atoms with Crippen molar-refractivity contribution in [2.45, 2.75) is 71.9 Å². The van der Waals surface area contributed by atoms with Gasteiger partial charge in [0.1, 0.15) is 5.82 Å². The number of amides is 1. The van der Waals surface area contributed by atoms with Gasteiger partial charge >= 0.3 is 0 Å². The van der Waals surface area contributed by atoms with Gasteiger partial charge in [-0.05, 0) is 88.8 Å². The number of nitrogens with zero attached hydrogens (tertiary/aromatic N) is 4. The van der Waals surface area contributed by atoms with E-state index < -0.39 is 0 Å². The summed E-state index contributed by atoms with van der Waals surface area (Å²) in [6.07, 6.45) is 8.14. The first-order chi connectivity index (χ1) is 21.6. The smallest absolute Gasteiger partial charge is 0.229 e. The molecule has 0 aliphatic carbocycles. The van der Waals surface area contributed by atoms with E-state index in [0.29, 0.717) is 5.91 Å². The number of imidazole rings is 1. The van der Waals surface area contributed by atoms with Crippen molar-refractivity contribution in [1.82, 2.24) is 19.4 Å². The molecule has 1 aromatic heterocycles. The lowest BCUT2D eigenvalue weighted by Crippen LogP contribution is -2.39. The highest BCUT2D eigenvalue weighted by Gasteiger charge is 2.46. The molecule has 3 heterocycles. The van der Waals surface area contributed by atoms with Crippen LogP contribution in [0.4, 0.5) is 0 Å². The fourth-order valence-corrected chi connectivity index (χ4v) is 6.83. The highest BCUT2D eigenvalue weighted by atomic mass is 16.5. The minimum Gasteiger partial charge on any atom is -0.380 e. The summed E-state index contributed by atoms with van der Waals surface area (Å²) in [5, 5.41) is 0. The zero-order valence-corrected chi connectivity index (χ0v) is 26.8. The van der Waals surface area contributed by atoms with Gasteiger partial charge in [0.2, 0.25) is 5.91 Å². The summed E-state index contributed by atoms with van der Waals surface area (Å²) < 4.78 is 7.56. The number of rotatable bonds is 11. The molecule has 0 bridgehead atoms. The van der Waals surface area contributed by atoms with Gasteiger partial charge in [0.15, 0.2) is 0 Å². The second kappa shape index (κ2) is 16.0. The van der Waals surface area contributed by atoms with Crippen molar-refractivity contribution in [2.75, 3.05) is 39.4 Å². The molecule has 0 radical (unpaired) electrons. The van der Waals surface area contributed by atoms with Crippen LogP contribution in [0.1, 0.15) is 62.4 Å². The molecule has 2 saturated heterocycles. The van der Waals surface area contributed by atoms with Crippen LogP contribution in [-0.2, 0) is 29.0 Å². The Hall–Kier alpha value is -3.48. The maximum Gasteiger partial charge on any atom is 0.229 e. The minimum absolute atomic E-state index is 0.248. The van der Waals surface area contributed by atoms with Crippen LogP contribution in [0.3, 0.4) is 0 Å². The second-order valence-electron chi connectivity index (χ2n) is 12.4. The summed E-state index contributed by atoms with van der Waals surface area (Å²) in [6, 6.07) is 29.2. The van der Waals surface area contributed by atoms with Gasteiger partial charge < -0.3 is 19.1 Å². The molecule has 1 atom stereocenters. The normalized spacial score (nSPS) is 19.1. The molecule has 6 heteroatoms. The van der Waals surface area contributed by atoms with Gasteiger partial charge in [0, 0.05) is 26.2 Å². The van der Waals surface area contributed by atoms with Crippen molar-refractivity contribution in [3.8, 4) is 0 Å². The maximum absolute atomic E-state index is 13.7. The molecule has 6 nitrogen and oxygen atoms in total. The van der Waals surface area contributed by atoms with Crippen LogP contribution in [0.5, 0.6) is 0 Å². The van der Waals surface area contributed by atoms with Gasteiger partial charge in [-0.25, -0.2) is 4.98 Å². The molecule has 0 saturated carbocycles. The Balaban J connectivity index is 0.000000215. The third kappa shape index (κ3) is 8.36. The van der Waals surface area contributed by atoms with E-state index in [1.165, 1.54) is 55.4 Å². The molecule has 2 aliphatic heterocycles. The maximum atomic E-state index is 13.7. The number of aromatic nitrogens is 2. The number of hydrogen-bond acceptors (Lipinski definition) is 4. The number of likely N-dealkylation sites (tertiary alicyclic amines) is 2. The number of hydrogen-bond donors (Lipinski definition) is 0. The van der Waals surface area contributed by atoms with E-state index in [2.05, 4.69) is 80.0 Å². The van der Waals surface area contributed by atoms with E-state index in [1.54, 1.807) is 0 Å². The van der Waals surface area contributed by atoms with Crippen molar-refractivity contribution in [3.63, 3.8) is 0 Å². The molecule has 2 aliphatic rings. The number of benzene rings is 3. The number of ether oxygens (including phenoxy) is 1. The Kier molecular flexibility index (Phi) is 11.6. The van der Waals surface area contributed by atoms with E-state index in [-0.39, 0.29) is 5.41 Å². The molecule has 3 aromatic carbocycles. The molecule has 1 amide bonds. The average Bonchev–Trinajstić information content (AvgIpc) is 3.37. The van der Waals surface area contributed by atoms with Crippen LogP contribution in [0.25, 0.3) is 11.0 Å². The molecule has 6 rings (SSSR count). The van der Waals surface area contributed by atoms with E-state index in [0.717, 1.165) is 70.0 Å². The second-order valence-corrected chi connectivity index (χ2v) is 12.4. The Morgan fingerprint density at radius 2 is 1.45 bits per heavy atom. The molecule has 234 valence electrons. The fourth-order valence-electron chi connectivity index (χ4n) is 6.83. The van der Waals surface area contributed by atoms with Gasteiger partial charge in [0.25, 0.3) is 0 Å². The number of aryl methyl sites for hydroxylation is 1. The van der Waals surface area contributed by atoms with E-state index in [4.69, 9.17) is 4.74 Å². The average molecular weight is 595 g/mol. The van der Waals surface area contributed by atoms with Gasteiger partial charge in [-0.1, -0.05) is 85.6 Å². The summed E-state index contributed by atoms with van der Waals surface area (Å²) in [7, 11) is 0. The quantitative estimate of drug-likeness (QED) is 0.171. The zero-order chi connectivity index (χ0) is 30.6. The molecule has 44 heavy (non-hydrogen) atoms. The molecule has 0 spiro atoms. The summed E-state index contributed by atoms with van der Waals surface area (Å²) >= 11 is 0. The van der Waals surface area contributed by atoms with Crippen molar-refractivity contribution < 1.29 is 9.53 Å². The Bertz CT molecular complexity index is 1430. The lowest BCUT2D eigenvalue weighted by atomic mass is 9.77. The first kappa shape index (κ1) is 31.9. The highest BCUT2D eigenvalue weighted by Crippen LogP contribution is 2.40. The summed E-state index contributed by atoms with van der Waals surface area (Å²) in [5.74, 6) is 1.41. The Labute approximate surface area is 264 Å². The lowest BCUT2D eigenvalue weighted by molar-refractivity contribution is -0.137. The third-order valence-electron chi connectivity index (χ3n) is 9.32. The van der Waals surface area contributed by atoms with Gasteiger partial charge in [-0.3, -0.25) is 4.79 Å². The number of para-hydroxylation sites is 2. The standard InChI is InChI=1S/C26H34N2O.C12H16N2O/c29-25-26(21-23-11-5-3-6-12-23,15-19-27-17-9-1-2-10-18-27)16-20-28(25)22-24-13-7-4-8-14-24;1-3-15-9-8-14-10(2)13-11-6-4-5-7-12(11)14/h3-8,11-14H,1-2,9-10,15-22H2;4-7H,3,8-9H2,1-2H3. The first-order valence-electron chi connectivity index (χ1n) is 16.7. The van der Waals surface area contributed by atoms with Crippen molar-refractivity contribution in [3.05, 3.63) is 102 Å². The lowest BCUT2D eigenvalue weighted by Gasteiger charge is -2.31. The third-order valence-corrected chi connectivity index (χ3v) is 9.32. The van der Waals surface area contributed by atoms with Gasteiger partial charge in [0.05, 0.1) is 23.1 Å². The van der Waals surface area contributed by atoms with Gasteiger partial charge in [-0.15, -0.1) is 0 Å². The predicted octanol–water partition coefficient (Wildman–Crippen LogP) is 7.30. The molecule has 0 N–H and O–H groups in total. The molecular formula is C38H50N4O2. The summed E-state index contributed by atoms with van der Waals surface area (Å²) in [5.41, 5.74) is 4.52. The van der Waals surface area contributed by atoms with E-state index in [9.17, 15) is 4.79 Å². The summed E-state index contributed by atoms with van der Waals surface area (Å²) in [4.78, 5) is 22.9. The van der Waals surface area contributed by atoms with Crippen LogP contribution in [0.2, 0.25) is 0 Å². The monoisotopic (exact) mass is 594 g/mol. The molecule has 1 unspecified atom stereocenters. The van der Waals surface area contributed by atoms with Crippen molar-refractivity contribution in [1.29, 1.82) is 0 Å². The van der Waals surface area contributed by atoms with Crippen LogP contribution >= 0.6 is 0 Å². The molecule has 4 aromatic rings. The highest BCUT2D eigenvalue weighted by molar-refractivity contribution is 5.85. The SMILES string of the molecule is CCOCCn1c(C)nc2ccccc21.O=C1N(Cc2ccccc2)CCC1(CCN1CCCCCC1)Cc1ccccc1. The zero-order valence-electron chi connectivity index (χ0n) is 26.8. The minimum atomic E-state index is -0.248. The summed E-state index contributed by atoms with van der Waals surface area (Å²) in [6.45, 7) is 11.5. The van der Waals surface area contributed by atoms with Crippen LogP contribution in [-0.4, -0.2) is 64.7 Å². The number of carbonyl (C=O) groups is 1. The van der Waals surface area contributed by atoms with E-state index in [1.807, 2.05) is 38.1 Å². The topological polar surface area (TPSA) is 50.6 Å². The number of carbonyl (C=O) groups excluding carboxylic acids is 1. The number of fused-ring (bicyclic) bond motifs is 1. The largest absolute Gasteiger partial charge is 0.380 e. The van der Waals surface area contributed by atoms with Crippen molar-refractivity contribution in [2.24, 2.45) is 5.41 Å².